The van der Waals surface area contributed by atoms with E-state index in [1.807, 2.05) is 31.2 Å². The van der Waals surface area contributed by atoms with Gasteiger partial charge in [-0.2, -0.15) is 0 Å². The van der Waals surface area contributed by atoms with E-state index in [9.17, 15) is 0 Å². The van der Waals surface area contributed by atoms with Crippen LogP contribution in [0.1, 0.15) is 18.1 Å². The molecule has 0 saturated heterocycles. The van der Waals surface area contributed by atoms with Crippen molar-refractivity contribution in [2.75, 3.05) is 11.9 Å². The Balaban J connectivity index is 2.01. The van der Waals surface area contributed by atoms with Gasteiger partial charge in [0.2, 0.25) is 0 Å². The molecular formula is C15H17ClN2O. The lowest BCUT2D eigenvalue weighted by Crippen LogP contribution is -2.04. The third kappa shape index (κ3) is 3.86. The average molecular weight is 277 g/mol. The summed E-state index contributed by atoms with van der Waals surface area (Å²) in [6.45, 7) is 3.30. The number of hydrogen-bond acceptors (Lipinski definition) is 3. The largest absolute Gasteiger partial charge is 0.490 e. The second-order valence-electron chi connectivity index (χ2n) is 4.09. The molecule has 3 nitrogen and oxygen atoms in total. The van der Waals surface area contributed by atoms with E-state index >= 15 is 0 Å². The van der Waals surface area contributed by atoms with E-state index in [1.165, 1.54) is 5.56 Å². The van der Waals surface area contributed by atoms with Crippen LogP contribution in [-0.4, -0.2) is 11.6 Å². The van der Waals surface area contributed by atoms with Crippen LogP contribution in [-0.2, 0) is 12.4 Å². The van der Waals surface area contributed by atoms with Crippen LogP contribution in [0.2, 0.25) is 0 Å². The van der Waals surface area contributed by atoms with Gasteiger partial charge in [0.15, 0.2) is 11.6 Å². The summed E-state index contributed by atoms with van der Waals surface area (Å²) in [4.78, 5) is 4.29. The van der Waals surface area contributed by atoms with E-state index in [-0.39, 0.29) is 0 Å². The number of aromatic nitrogens is 1. The molecule has 100 valence electrons. The molecule has 1 aromatic carbocycles. The summed E-state index contributed by atoms with van der Waals surface area (Å²) in [7, 11) is 0. The van der Waals surface area contributed by atoms with Crippen molar-refractivity contribution in [2.24, 2.45) is 0 Å². The number of anilines is 1. The molecule has 0 spiro atoms. The summed E-state index contributed by atoms with van der Waals surface area (Å²) in [5.74, 6) is 2.09. The number of hydrogen-bond donors (Lipinski definition) is 1. The van der Waals surface area contributed by atoms with E-state index in [1.54, 1.807) is 6.20 Å². The van der Waals surface area contributed by atoms with Crippen LogP contribution >= 0.6 is 11.6 Å². The van der Waals surface area contributed by atoms with Crippen molar-refractivity contribution >= 4 is 17.4 Å². The van der Waals surface area contributed by atoms with E-state index in [0.29, 0.717) is 19.0 Å². The third-order valence-electron chi connectivity index (χ3n) is 2.71. The molecule has 0 saturated carbocycles. The molecule has 0 atom stereocenters. The maximum atomic E-state index is 5.77. The van der Waals surface area contributed by atoms with Crippen LogP contribution in [0.3, 0.4) is 0 Å². The van der Waals surface area contributed by atoms with Gasteiger partial charge in [0, 0.05) is 18.6 Å². The fourth-order valence-corrected chi connectivity index (χ4v) is 1.91. The fraction of sp³-hybridized carbons (Fsp3) is 0.267. The number of ether oxygens (including phenoxy) is 1. The van der Waals surface area contributed by atoms with Crippen LogP contribution in [0, 0.1) is 0 Å². The summed E-state index contributed by atoms with van der Waals surface area (Å²) in [5.41, 5.74) is 2.31. The Hall–Kier alpha value is -1.74. The Labute approximate surface area is 118 Å². The monoisotopic (exact) mass is 276 g/mol. The smallest absolute Gasteiger partial charge is 0.169 e. The van der Waals surface area contributed by atoms with Gasteiger partial charge in [0.25, 0.3) is 0 Å². The quantitative estimate of drug-likeness (QED) is 0.814. The van der Waals surface area contributed by atoms with E-state index in [0.717, 1.165) is 17.1 Å². The first-order valence-electron chi connectivity index (χ1n) is 6.29. The minimum absolute atomic E-state index is 0.544. The molecule has 19 heavy (non-hydrogen) atoms. The number of alkyl halides is 1. The molecule has 2 aromatic rings. The van der Waals surface area contributed by atoms with Crippen molar-refractivity contribution in [3.05, 3.63) is 53.7 Å². The molecular weight excluding hydrogens is 260 g/mol. The fourth-order valence-electron chi connectivity index (χ4n) is 1.73. The maximum Gasteiger partial charge on any atom is 0.169 e. The molecule has 1 N–H and O–H groups in total. The Morgan fingerprint density at radius 2 is 1.89 bits per heavy atom. The standard InChI is InChI=1S/C15H17ClN2O/c1-2-19-14-4-3-9-17-15(14)18-11-13-7-5-12(10-16)6-8-13/h3-9H,2,10-11H2,1H3,(H,17,18). The summed E-state index contributed by atoms with van der Waals surface area (Å²) in [6.07, 6.45) is 1.75. The number of nitrogens with zero attached hydrogens (tertiary/aromatic N) is 1. The zero-order chi connectivity index (χ0) is 13.5. The zero-order valence-corrected chi connectivity index (χ0v) is 11.7. The highest BCUT2D eigenvalue weighted by Gasteiger charge is 2.03. The lowest BCUT2D eigenvalue weighted by atomic mass is 10.1. The topological polar surface area (TPSA) is 34.1 Å². The highest BCUT2D eigenvalue weighted by atomic mass is 35.5. The molecule has 0 aliphatic rings. The summed E-state index contributed by atoms with van der Waals surface area (Å²) < 4.78 is 5.52. The van der Waals surface area contributed by atoms with Gasteiger partial charge in [-0.15, -0.1) is 11.6 Å². The second kappa shape index (κ2) is 7.00. The van der Waals surface area contributed by atoms with Crippen LogP contribution in [0.25, 0.3) is 0 Å². The Morgan fingerprint density at radius 1 is 1.16 bits per heavy atom. The second-order valence-corrected chi connectivity index (χ2v) is 4.35. The van der Waals surface area contributed by atoms with Crippen LogP contribution in [0.15, 0.2) is 42.6 Å². The van der Waals surface area contributed by atoms with Gasteiger partial charge in [-0.25, -0.2) is 4.98 Å². The van der Waals surface area contributed by atoms with Gasteiger partial charge in [0.1, 0.15) is 0 Å². The third-order valence-corrected chi connectivity index (χ3v) is 3.02. The molecule has 0 amide bonds. The highest BCUT2D eigenvalue weighted by molar-refractivity contribution is 6.17. The van der Waals surface area contributed by atoms with Gasteiger partial charge in [-0.1, -0.05) is 24.3 Å². The van der Waals surface area contributed by atoms with E-state index in [2.05, 4.69) is 22.4 Å². The lowest BCUT2D eigenvalue weighted by molar-refractivity contribution is 0.340. The van der Waals surface area contributed by atoms with Crippen molar-refractivity contribution in [2.45, 2.75) is 19.3 Å². The molecule has 0 aliphatic heterocycles. The Bertz CT molecular complexity index is 514. The number of nitrogens with one attached hydrogen (secondary N) is 1. The molecule has 0 bridgehead atoms. The molecule has 0 unspecified atom stereocenters. The van der Waals surface area contributed by atoms with Gasteiger partial charge >= 0.3 is 0 Å². The van der Waals surface area contributed by atoms with Crippen LogP contribution in [0.5, 0.6) is 5.75 Å². The predicted molar refractivity (Wildman–Crippen MR) is 78.7 cm³/mol. The Morgan fingerprint density at radius 3 is 2.58 bits per heavy atom. The predicted octanol–water partition coefficient (Wildman–Crippen LogP) is 3.83. The molecule has 0 fully saturated rings. The molecule has 1 aromatic heterocycles. The van der Waals surface area contributed by atoms with Crippen LogP contribution < -0.4 is 10.1 Å². The molecule has 0 aliphatic carbocycles. The first-order valence-corrected chi connectivity index (χ1v) is 6.82. The average Bonchev–Trinajstić information content (AvgIpc) is 2.47. The van der Waals surface area contributed by atoms with E-state index < -0.39 is 0 Å². The lowest BCUT2D eigenvalue weighted by Gasteiger charge is -2.11. The van der Waals surface area contributed by atoms with Gasteiger partial charge in [-0.05, 0) is 30.2 Å². The summed E-state index contributed by atoms with van der Waals surface area (Å²) in [5, 5.41) is 3.28. The molecule has 4 heteroatoms. The molecule has 1 heterocycles. The van der Waals surface area contributed by atoms with Crippen molar-refractivity contribution < 1.29 is 4.74 Å². The zero-order valence-electron chi connectivity index (χ0n) is 10.9. The van der Waals surface area contributed by atoms with Crippen molar-refractivity contribution in [3.63, 3.8) is 0 Å². The number of rotatable bonds is 6. The molecule has 0 radical (unpaired) electrons. The van der Waals surface area contributed by atoms with Crippen LogP contribution in [0.4, 0.5) is 5.82 Å². The normalized spacial score (nSPS) is 10.2. The Kier molecular flexibility index (Phi) is 5.04. The van der Waals surface area contributed by atoms with Crippen molar-refractivity contribution in [1.29, 1.82) is 0 Å². The highest BCUT2D eigenvalue weighted by Crippen LogP contribution is 2.21. The number of halogens is 1. The summed E-state index contributed by atoms with van der Waals surface area (Å²) in [6, 6.07) is 12.0. The van der Waals surface area contributed by atoms with Gasteiger partial charge in [0.05, 0.1) is 6.61 Å². The number of pyridine rings is 1. The minimum Gasteiger partial charge on any atom is -0.490 e. The SMILES string of the molecule is CCOc1cccnc1NCc1ccc(CCl)cc1. The summed E-state index contributed by atoms with van der Waals surface area (Å²) >= 11 is 5.77. The maximum absolute atomic E-state index is 5.77. The van der Waals surface area contributed by atoms with Gasteiger partial charge < -0.3 is 10.1 Å². The first-order chi connectivity index (χ1) is 9.33. The van der Waals surface area contributed by atoms with E-state index in [4.69, 9.17) is 16.3 Å². The first kappa shape index (κ1) is 13.7. The van der Waals surface area contributed by atoms with Crippen molar-refractivity contribution in [3.8, 4) is 5.75 Å². The number of benzene rings is 1. The molecule has 2 rings (SSSR count). The van der Waals surface area contributed by atoms with Crippen molar-refractivity contribution in [1.82, 2.24) is 4.98 Å². The minimum atomic E-state index is 0.544. The van der Waals surface area contributed by atoms with Gasteiger partial charge in [-0.3, -0.25) is 0 Å².